The standard InChI is InChI=1S/C21H22FN5O2/c1-14-13-19(26-17-7-9-18(29-2)10-8-17)27-21(25-14)24-12-11-23-20(28)15-3-5-16(22)6-4-15/h3-10,13H,11-12H2,1-2H3,(H,23,28)(H2,24,25,26,27). The molecular weight excluding hydrogens is 373 g/mol. The highest BCUT2D eigenvalue weighted by molar-refractivity contribution is 5.94. The van der Waals surface area contributed by atoms with Gasteiger partial charge in [-0.3, -0.25) is 4.79 Å². The van der Waals surface area contributed by atoms with Gasteiger partial charge in [0.05, 0.1) is 7.11 Å². The molecule has 1 heterocycles. The lowest BCUT2D eigenvalue weighted by Crippen LogP contribution is -2.29. The van der Waals surface area contributed by atoms with E-state index in [1.165, 1.54) is 24.3 Å². The third-order valence-electron chi connectivity index (χ3n) is 4.02. The van der Waals surface area contributed by atoms with E-state index >= 15 is 0 Å². The maximum atomic E-state index is 12.9. The maximum absolute atomic E-state index is 12.9. The van der Waals surface area contributed by atoms with Crippen LogP contribution in [0.5, 0.6) is 5.75 Å². The Kier molecular flexibility index (Phi) is 6.57. The van der Waals surface area contributed by atoms with Crippen molar-refractivity contribution in [2.75, 3.05) is 30.8 Å². The van der Waals surface area contributed by atoms with Crippen molar-refractivity contribution in [1.29, 1.82) is 0 Å². The molecule has 0 saturated carbocycles. The van der Waals surface area contributed by atoms with Crippen molar-refractivity contribution in [2.45, 2.75) is 6.92 Å². The summed E-state index contributed by atoms with van der Waals surface area (Å²) in [5.41, 5.74) is 2.08. The maximum Gasteiger partial charge on any atom is 0.251 e. The number of ether oxygens (including phenoxy) is 1. The average molecular weight is 395 g/mol. The van der Waals surface area contributed by atoms with E-state index in [4.69, 9.17) is 4.74 Å². The van der Waals surface area contributed by atoms with Crippen LogP contribution in [0.4, 0.5) is 21.8 Å². The molecule has 0 fully saturated rings. The Hall–Kier alpha value is -3.68. The van der Waals surface area contributed by atoms with Crippen molar-refractivity contribution in [3.05, 3.63) is 71.7 Å². The highest BCUT2D eigenvalue weighted by Gasteiger charge is 2.06. The lowest BCUT2D eigenvalue weighted by atomic mass is 10.2. The zero-order valence-electron chi connectivity index (χ0n) is 16.2. The zero-order valence-corrected chi connectivity index (χ0v) is 16.2. The van der Waals surface area contributed by atoms with Crippen LogP contribution in [0.2, 0.25) is 0 Å². The Morgan fingerprint density at radius 1 is 1.03 bits per heavy atom. The zero-order chi connectivity index (χ0) is 20.6. The van der Waals surface area contributed by atoms with Crippen LogP contribution in [0.3, 0.4) is 0 Å². The van der Waals surface area contributed by atoms with Gasteiger partial charge in [-0.2, -0.15) is 4.98 Å². The van der Waals surface area contributed by atoms with Gasteiger partial charge in [0.1, 0.15) is 17.4 Å². The van der Waals surface area contributed by atoms with E-state index in [0.717, 1.165) is 17.1 Å². The van der Waals surface area contributed by atoms with E-state index in [1.807, 2.05) is 37.3 Å². The minimum atomic E-state index is -0.376. The molecule has 150 valence electrons. The SMILES string of the molecule is COc1ccc(Nc2cc(C)nc(NCCNC(=O)c3ccc(F)cc3)n2)cc1. The van der Waals surface area contributed by atoms with Gasteiger partial charge in [-0.15, -0.1) is 0 Å². The Morgan fingerprint density at radius 3 is 2.45 bits per heavy atom. The third kappa shape index (κ3) is 5.90. The molecule has 8 heteroatoms. The summed E-state index contributed by atoms with van der Waals surface area (Å²) in [6, 6.07) is 14.8. The fourth-order valence-electron chi connectivity index (χ4n) is 2.59. The van der Waals surface area contributed by atoms with Crippen LogP contribution >= 0.6 is 0 Å². The number of carbonyl (C=O) groups is 1. The first kappa shape index (κ1) is 20.1. The molecular formula is C21H22FN5O2. The molecule has 0 radical (unpaired) electrons. The molecule has 0 aliphatic heterocycles. The minimum Gasteiger partial charge on any atom is -0.497 e. The van der Waals surface area contributed by atoms with Crippen molar-refractivity contribution < 1.29 is 13.9 Å². The number of amides is 1. The van der Waals surface area contributed by atoms with E-state index in [0.29, 0.717) is 30.4 Å². The highest BCUT2D eigenvalue weighted by Crippen LogP contribution is 2.19. The minimum absolute atomic E-state index is 0.265. The molecule has 3 N–H and O–H groups in total. The molecule has 0 atom stereocenters. The molecule has 1 aromatic heterocycles. The molecule has 0 aliphatic rings. The average Bonchev–Trinajstić information content (AvgIpc) is 2.72. The number of carbonyl (C=O) groups excluding carboxylic acids is 1. The number of hydrogen-bond acceptors (Lipinski definition) is 6. The summed E-state index contributed by atoms with van der Waals surface area (Å²) >= 11 is 0. The first-order valence-electron chi connectivity index (χ1n) is 9.08. The summed E-state index contributed by atoms with van der Waals surface area (Å²) in [6.07, 6.45) is 0. The second-order valence-corrected chi connectivity index (χ2v) is 6.26. The third-order valence-corrected chi connectivity index (χ3v) is 4.02. The molecule has 0 bridgehead atoms. The molecule has 0 aliphatic carbocycles. The lowest BCUT2D eigenvalue weighted by Gasteiger charge is -2.11. The summed E-state index contributed by atoms with van der Waals surface area (Å²) < 4.78 is 18.1. The number of anilines is 3. The molecule has 3 rings (SSSR count). The number of aromatic nitrogens is 2. The topological polar surface area (TPSA) is 88.2 Å². The summed E-state index contributed by atoms with van der Waals surface area (Å²) in [5.74, 6) is 1.25. The molecule has 2 aromatic carbocycles. The fraction of sp³-hybridized carbons (Fsp3) is 0.190. The van der Waals surface area contributed by atoms with Gasteiger partial charge < -0.3 is 20.7 Å². The molecule has 7 nitrogen and oxygen atoms in total. The normalized spacial score (nSPS) is 10.3. The van der Waals surface area contributed by atoms with E-state index in [-0.39, 0.29) is 11.7 Å². The Bertz CT molecular complexity index is 962. The van der Waals surface area contributed by atoms with Crippen molar-refractivity contribution >= 4 is 23.4 Å². The molecule has 29 heavy (non-hydrogen) atoms. The van der Waals surface area contributed by atoms with Gasteiger partial charge in [-0.25, -0.2) is 9.37 Å². The van der Waals surface area contributed by atoms with E-state index in [9.17, 15) is 9.18 Å². The predicted molar refractivity (Wildman–Crippen MR) is 110 cm³/mol. The van der Waals surface area contributed by atoms with Gasteiger partial charge in [-0.1, -0.05) is 0 Å². The van der Waals surface area contributed by atoms with Crippen LogP contribution in [0, 0.1) is 12.7 Å². The number of methoxy groups -OCH3 is 1. The van der Waals surface area contributed by atoms with Gasteiger partial charge in [0.2, 0.25) is 5.95 Å². The fourth-order valence-corrected chi connectivity index (χ4v) is 2.59. The summed E-state index contributed by atoms with van der Waals surface area (Å²) in [7, 11) is 1.62. The summed E-state index contributed by atoms with van der Waals surface area (Å²) in [6.45, 7) is 2.69. The van der Waals surface area contributed by atoms with Crippen LogP contribution in [-0.2, 0) is 0 Å². The number of aryl methyl sites for hydroxylation is 1. The molecule has 0 unspecified atom stereocenters. The first-order chi connectivity index (χ1) is 14.0. The second kappa shape index (κ2) is 9.50. The largest absolute Gasteiger partial charge is 0.497 e. The number of rotatable bonds is 8. The van der Waals surface area contributed by atoms with E-state index < -0.39 is 0 Å². The molecule has 3 aromatic rings. The molecule has 0 spiro atoms. The first-order valence-corrected chi connectivity index (χ1v) is 9.08. The lowest BCUT2D eigenvalue weighted by molar-refractivity contribution is 0.0955. The molecule has 0 saturated heterocycles. The predicted octanol–water partition coefficient (Wildman–Crippen LogP) is 3.52. The van der Waals surface area contributed by atoms with Crippen LogP contribution < -0.4 is 20.7 Å². The smallest absolute Gasteiger partial charge is 0.251 e. The second-order valence-electron chi connectivity index (χ2n) is 6.26. The van der Waals surface area contributed by atoms with E-state index in [2.05, 4.69) is 25.9 Å². The number of nitrogens with zero attached hydrogens (tertiary/aromatic N) is 2. The van der Waals surface area contributed by atoms with Crippen LogP contribution in [0.25, 0.3) is 0 Å². The number of halogens is 1. The highest BCUT2D eigenvalue weighted by atomic mass is 19.1. The van der Waals surface area contributed by atoms with Gasteiger partial charge in [0.25, 0.3) is 5.91 Å². The van der Waals surface area contributed by atoms with Crippen LogP contribution in [0.1, 0.15) is 16.1 Å². The van der Waals surface area contributed by atoms with Gasteiger partial charge in [0, 0.05) is 36.1 Å². The van der Waals surface area contributed by atoms with Crippen molar-refractivity contribution in [1.82, 2.24) is 15.3 Å². The monoisotopic (exact) mass is 395 g/mol. The molecule has 1 amide bonds. The van der Waals surface area contributed by atoms with Crippen molar-refractivity contribution in [2.24, 2.45) is 0 Å². The van der Waals surface area contributed by atoms with Crippen molar-refractivity contribution in [3.63, 3.8) is 0 Å². The summed E-state index contributed by atoms with van der Waals surface area (Å²) in [4.78, 5) is 20.8. The Balaban J connectivity index is 1.52. The quantitative estimate of drug-likeness (QED) is 0.506. The van der Waals surface area contributed by atoms with E-state index in [1.54, 1.807) is 7.11 Å². The summed E-state index contributed by atoms with van der Waals surface area (Å²) in [5, 5.41) is 9.07. The number of benzene rings is 2. The Labute approximate surface area is 168 Å². The van der Waals surface area contributed by atoms with Gasteiger partial charge in [-0.05, 0) is 55.5 Å². The van der Waals surface area contributed by atoms with Crippen LogP contribution in [-0.4, -0.2) is 36.1 Å². The van der Waals surface area contributed by atoms with Crippen molar-refractivity contribution in [3.8, 4) is 5.75 Å². The Morgan fingerprint density at radius 2 is 1.76 bits per heavy atom. The number of nitrogens with one attached hydrogen (secondary N) is 3. The number of hydrogen-bond donors (Lipinski definition) is 3. The van der Waals surface area contributed by atoms with Gasteiger partial charge >= 0.3 is 0 Å². The van der Waals surface area contributed by atoms with Crippen LogP contribution in [0.15, 0.2) is 54.6 Å². The van der Waals surface area contributed by atoms with Gasteiger partial charge in [0.15, 0.2) is 0 Å².